The molecular weight excluding hydrogens is 266 g/mol. The lowest BCUT2D eigenvalue weighted by Gasteiger charge is -2.08. The van der Waals surface area contributed by atoms with Gasteiger partial charge >= 0.3 is 5.97 Å². The van der Waals surface area contributed by atoms with Crippen molar-refractivity contribution in [2.45, 2.75) is 13.8 Å². The molecule has 4 nitrogen and oxygen atoms in total. The molecule has 0 aliphatic carbocycles. The fourth-order valence-electron chi connectivity index (χ4n) is 2.40. The molecule has 0 saturated heterocycles. The summed E-state index contributed by atoms with van der Waals surface area (Å²) in [6.45, 7) is 4.03. The van der Waals surface area contributed by atoms with Crippen molar-refractivity contribution >= 4 is 16.7 Å². The second-order valence-corrected chi connectivity index (χ2v) is 4.76. The van der Waals surface area contributed by atoms with Gasteiger partial charge in [-0.15, -0.1) is 0 Å². The first kappa shape index (κ1) is 13.4. The minimum atomic E-state index is -0.311. The van der Waals surface area contributed by atoms with Gasteiger partial charge in [0.05, 0.1) is 17.9 Å². The maximum absolute atomic E-state index is 12.1. The summed E-state index contributed by atoms with van der Waals surface area (Å²) in [5.74, 6) is 0.383. The third kappa shape index (κ3) is 2.40. The Morgan fingerprint density at radius 3 is 2.67 bits per heavy atom. The maximum atomic E-state index is 12.1. The molecule has 21 heavy (non-hydrogen) atoms. The van der Waals surface area contributed by atoms with Gasteiger partial charge in [0.25, 0.3) is 0 Å². The standard InChI is InChI=1S/C17H15NO3/c1-3-20-17(19)15-9-5-6-12-13(15)7-4-8-14(12)16-10-11(2)18-21-16/h4-10H,3H2,1-2H3. The Balaban J connectivity index is 2.21. The fraction of sp³-hybridized carbons (Fsp3) is 0.176. The number of carbonyl (C=O) groups excluding carboxylic acids is 1. The van der Waals surface area contributed by atoms with E-state index < -0.39 is 0 Å². The van der Waals surface area contributed by atoms with Crippen LogP contribution in [0, 0.1) is 6.92 Å². The van der Waals surface area contributed by atoms with Crippen molar-refractivity contribution in [3.05, 3.63) is 53.7 Å². The van der Waals surface area contributed by atoms with Gasteiger partial charge in [-0.1, -0.05) is 35.5 Å². The van der Waals surface area contributed by atoms with Gasteiger partial charge in [0.15, 0.2) is 5.76 Å². The third-order valence-electron chi connectivity index (χ3n) is 3.31. The summed E-state index contributed by atoms with van der Waals surface area (Å²) < 4.78 is 10.5. The number of ether oxygens (including phenoxy) is 1. The van der Waals surface area contributed by atoms with Gasteiger partial charge < -0.3 is 9.26 Å². The van der Waals surface area contributed by atoms with Crippen LogP contribution in [-0.2, 0) is 4.74 Å². The molecule has 3 aromatic rings. The van der Waals surface area contributed by atoms with Crippen LogP contribution < -0.4 is 0 Å². The number of rotatable bonds is 3. The number of hydrogen-bond donors (Lipinski definition) is 0. The van der Waals surface area contributed by atoms with E-state index in [1.54, 1.807) is 13.0 Å². The SMILES string of the molecule is CCOC(=O)c1cccc2c(-c3cc(C)no3)cccc12. The lowest BCUT2D eigenvalue weighted by molar-refractivity contribution is 0.0528. The van der Waals surface area contributed by atoms with E-state index in [1.807, 2.05) is 43.3 Å². The van der Waals surface area contributed by atoms with Crippen LogP contribution in [0.25, 0.3) is 22.1 Å². The lowest BCUT2D eigenvalue weighted by atomic mass is 9.98. The number of esters is 1. The van der Waals surface area contributed by atoms with Crippen LogP contribution in [0.1, 0.15) is 23.0 Å². The van der Waals surface area contributed by atoms with Crippen LogP contribution in [0.3, 0.4) is 0 Å². The largest absolute Gasteiger partial charge is 0.462 e. The first-order chi connectivity index (χ1) is 10.2. The Morgan fingerprint density at radius 1 is 1.19 bits per heavy atom. The van der Waals surface area contributed by atoms with Crippen molar-refractivity contribution in [2.75, 3.05) is 6.61 Å². The van der Waals surface area contributed by atoms with Crippen LogP contribution in [0.5, 0.6) is 0 Å². The predicted molar refractivity (Wildman–Crippen MR) is 80.1 cm³/mol. The molecule has 0 aliphatic heterocycles. The van der Waals surface area contributed by atoms with E-state index >= 15 is 0 Å². The summed E-state index contributed by atoms with van der Waals surface area (Å²) in [6.07, 6.45) is 0. The molecule has 0 amide bonds. The van der Waals surface area contributed by atoms with Gasteiger partial charge in [0, 0.05) is 11.6 Å². The molecule has 4 heteroatoms. The van der Waals surface area contributed by atoms with E-state index in [4.69, 9.17) is 9.26 Å². The number of aromatic nitrogens is 1. The minimum absolute atomic E-state index is 0.311. The van der Waals surface area contributed by atoms with E-state index in [2.05, 4.69) is 5.16 Å². The van der Waals surface area contributed by atoms with Crippen molar-refractivity contribution in [1.82, 2.24) is 5.16 Å². The molecule has 0 saturated carbocycles. The van der Waals surface area contributed by atoms with Gasteiger partial charge in [-0.25, -0.2) is 4.79 Å². The summed E-state index contributed by atoms with van der Waals surface area (Å²) >= 11 is 0. The number of hydrogen-bond acceptors (Lipinski definition) is 4. The highest BCUT2D eigenvalue weighted by atomic mass is 16.5. The summed E-state index contributed by atoms with van der Waals surface area (Å²) in [6, 6.07) is 13.2. The number of carbonyl (C=O) groups is 1. The Morgan fingerprint density at radius 2 is 1.95 bits per heavy atom. The van der Waals surface area contributed by atoms with Crippen molar-refractivity contribution < 1.29 is 14.1 Å². The summed E-state index contributed by atoms with van der Waals surface area (Å²) in [4.78, 5) is 12.1. The van der Waals surface area contributed by atoms with Gasteiger partial charge in [0.1, 0.15) is 0 Å². The second kappa shape index (κ2) is 5.40. The third-order valence-corrected chi connectivity index (χ3v) is 3.31. The van der Waals surface area contributed by atoms with Crippen LogP contribution in [0.4, 0.5) is 0 Å². The molecule has 2 aromatic carbocycles. The number of aryl methyl sites for hydroxylation is 1. The molecule has 0 N–H and O–H groups in total. The Labute approximate surface area is 122 Å². The van der Waals surface area contributed by atoms with Gasteiger partial charge in [-0.3, -0.25) is 0 Å². The molecule has 1 heterocycles. The molecule has 0 spiro atoms. The topological polar surface area (TPSA) is 52.3 Å². The monoisotopic (exact) mass is 281 g/mol. The fourth-order valence-corrected chi connectivity index (χ4v) is 2.40. The first-order valence-electron chi connectivity index (χ1n) is 6.83. The number of benzene rings is 2. The van der Waals surface area contributed by atoms with Crippen molar-refractivity contribution in [1.29, 1.82) is 0 Å². The highest BCUT2D eigenvalue weighted by Gasteiger charge is 2.14. The van der Waals surface area contributed by atoms with Crippen LogP contribution >= 0.6 is 0 Å². The smallest absolute Gasteiger partial charge is 0.338 e. The summed E-state index contributed by atoms with van der Waals surface area (Å²) in [5, 5.41) is 5.71. The molecule has 106 valence electrons. The molecule has 0 radical (unpaired) electrons. The Kier molecular flexibility index (Phi) is 3.44. The first-order valence-corrected chi connectivity index (χ1v) is 6.83. The Bertz CT molecular complexity index is 805. The molecule has 3 rings (SSSR count). The molecule has 0 fully saturated rings. The molecule has 0 aliphatic rings. The maximum Gasteiger partial charge on any atom is 0.338 e. The van der Waals surface area contributed by atoms with E-state index in [0.717, 1.165) is 22.0 Å². The van der Waals surface area contributed by atoms with Crippen LogP contribution in [0.15, 0.2) is 47.0 Å². The number of nitrogens with zero attached hydrogens (tertiary/aromatic N) is 1. The van der Waals surface area contributed by atoms with Crippen LogP contribution in [-0.4, -0.2) is 17.7 Å². The molecular formula is C17H15NO3. The van der Waals surface area contributed by atoms with E-state index in [-0.39, 0.29) is 5.97 Å². The Hall–Kier alpha value is -2.62. The zero-order valence-corrected chi connectivity index (χ0v) is 11.9. The molecule has 0 bridgehead atoms. The quantitative estimate of drug-likeness (QED) is 0.681. The second-order valence-electron chi connectivity index (χ2n) is 4.76. The number of fused-ring (bicyclic) bond motifs is 1. The van der Waals surface area contributed by atoms with E-state index in [9.17, 15) is 4.79 Å². The predicted octanol–water partition coefficient (Wildman–Crippen LogP) is 3.98. The normalized spacial score (nSPS) is 10.8. The zero-order valence-electron chi connectivity index (χ0n) is 11.9. The highest BCUT2D eigenvalue weighted by Crippen LogP contribution is 2.31. The summed E-state index contributed by atoms with van der Waals surface area (Å²) in [5.41, 5.74) is 2.30. The zero-order chi connectivity index (χ0) is 14.8. The minimum Gasteiger partial charge on any atom is -0.462 e. The van der Waals surface area contributed by atoms with Crippen molar-refractivity contribution in [3.8, 4) is 11.3 Å². The average molecular weight is 281 g/mol. The van der Waals surface area contributed by atoms with Gasteiger partial charge in [-0.2, -0.15) is 0 Å². The molecule has 1 aromatic heterocycles. The summed E-state index contributed by atoms with van der Waals surface area (Å²) in [7, 11) is 0. The molecule has 0 unspecified atom stereocenters. The van der Waals surface area contributed by atoms with Gasteiger partial charge in [0.2, 0.25) is 0 Å². The van der Waals surface area contributed by atoms with Crippen molar-refractivity contribution in [3.63, 3.8) is 0 Å². The van der Waals surface area contributed by atoms with Crippen LogP contribution in [0.2, 0.25) is 0 Å². The van der Waals surface area contributed by atoms with E-state index in [0.29, 0.717) is 17.9 Å². The van der Waals surface area contributed by atoms with Crippen molar-refractivity contribution in [2.24, 2.45) is 0 Å². The average Bonchev–Trinajstić information content (AvgIpc) is 2.92. The highest BCUT2D eigenvalue weighted by molar-refractivity contribution is 6.08. The lowest BCUT2D eigenvalue weighted by Crippen LogP contribution is -2.05. The van der Waals surface area contributed by atoms with E-state index in [1.165, 1.54) is 0 Å². The van der Waals surface area contributed by atoms with Gasteiger partial charge in [-0.05, 0) is 30.7 Å². The molecule has 0 atom stereocenters.